The van der Waals surface area contributed by atoms with Crippen molar-refractivity contribution in [2.45, 2.75) is 13.8 Å². The Balaban J connectivity index is 3.46. The SMILES string of the molecule is CN=C(NC)NCC(C)C. The molecule has 0 spiro atoms. The molecule has 0 aliphatic carbocycles. The summed E-state index contributed by atoms with van der Waals surface area (Å²) >= 11 is 0. The minimum atomic E-state index is 0.657. The van der Waals surface area contributed by atoms with Crippen LogP contribution in [0.5, 0.6) is 0 Å². The molecule has 0 aromatic heterocycles. The van der Waals surface area contributed by atoms with Crippen molar-refractivity contribution in [2.75, 3.05) is 20.6 Å². The molecule has 0 amide bonds. The lowest BCUT2D eigenvalue weighted by Gasteiger charge is -2.09. The fourth-order valence-corrected chi connectivity index (χ4v) is 0.580. The van der Waals surface area contributed by atoms with Gasteiger partial charge >= 0.3 is 0 Å². The second kappa shape index (κ2) is 5.09. The zero-order valence-electron chi connectivity index (χ0n) is 7.23. The molecule has 0 aliphatic rings. The molecule has 0 heterocycles. The van der Waals surface area contributed by atoms with E-state index >= 15 is 0 Å². The quantitative estimate of drug-likeness (QED) is 0.434. The smallest absolute Gasteiger partial charge is 0.190 e. The van der Waals surface area contributed by atoms with Crippen molar-refractivity contribution >= 4 is 5.96 Å². The molecule has 0 radical (unpaired) electrons. The van der Waals surface area contributed by atoms with E-state index < -0.39 is 0 Å². The van der Waals surface area contributed by atoms with Gasteiger partial charge in [0.2, 0.25) is 0 Å². The number of nitrogens with one attached hydrogen (secondary N) is 2. The summed E-state index contributed by atoms with van der Waals surface area (Å²) in [5.74, 6) is 1.51. The summed E-state index contributed by atoms with van der Waals surface area (Å²) in [5, 5.41) is 6.10. The summed E-state index contributed by atoms with van der Waals surface area (Å²) in [5.41, 5.74) is 0. The molecule has 60 valence electrons. The third-order valence-electron chi connectivity index (χ3n) is 1.14. The predicted molar refractivity (Wildman–Crippen MR) is 45.3 cm³/mol. The Kier molecular flexibility index (Phi) is 4.72. The molecular formula is C7H17N3. The van der Waals surface area contributed by atoms with E-state index in [1.54, 1.807) is 7.05 Å². The molecule has 0 rings (SSSR count). The van der Waals surface area contributed by atoms with E-state index in [0.29, 0.717) is 5.92 Å². The van der Waals surface area contributed by atoms with Gasteiger partial charge in [0, 0.05) is 20.6 Å². The Morgan fingerprint density at radius 1 is 1.50 bits per heavy atom. The minimum Gasteiger partial charge on any atom is -0.359 e. The van der Waals surface area contributed by atoms with E-state index in [1.807, 2.05) is 7.05 Å². The molecule has 2 N–H and O–H groups in total. The lowest BCUT2D eigenvalue weighted by molar-refractivity contribution is 0.618. The second-order valence-corrected chi connectivity index (χ2v) is 2.60. The average Bonchev–Trinajstić information content (AvgIpc) is 1.90. The summed E-state index contributed by atoms with van der Waals surface area (Å²) in [6, 6.07) is 0. The standard InChI is InChI=1S/C7H17N3/c1-6(2)5-10-7(8-3)9-4/h6H,5H2,1-4H3,(H2,8,9,10). The fourth-order valence-electron chi connectivity index (χ4n) is 0.580. The zero-order chi connectivity index (χ0) is 7.98. The van der Waals surface area contributed by atoms with Gasteiger partial charge in [0.05, 0.1) is 0 Å². The van der Waals surface area contributed by atoms with Gasteiger partial charge in [-0.15, -0.1) is 0 Å². The topological polar surface area (TPSA) is 36.4 Å². The number of nitrogens with zero attached hydrogens (tertiary/aromatic N) is 1. The first-order valence-corrected chi connectivity index (χ1v) is 3.59. The van der Waals surface area contributed by atoms with Crippen molar-refractivity contribution in [3.8, 4) is 0 Å². The first kappa shape index (κ1) is 9.27. The molecule has 0 saturated heterocycles. The van der Waals surface area contributed by atoms with Crippen molar-refractivity contribution in [1.29, 1.82) is 0 Å². The normalized spacial score (nSPS) is 11.9. The molecular weight excluding hydrogens is 126 g/mol. The largest absolute Gasteiger partial charge is 0.359 e. The Bertz CT molecular complexity index is 107. The first-order valence-electron chi connectivity index (χ1n) is 3.59. The van der Waals surface area contributed by atoms with Gasteiger partial charge in [0.15, 0.2) is 5.96 Å². The summed E-state index contributed by atoms with van der Waals surface area (Å²) in [6.07, 6.45) is 0. The van der Waals surface area contributed by atoms with Crippen LogP contribution in [0.15, 0.2) is 4.99 Å². The molecule has 0 aromatic rings. The monoisotopic (exact) mass is 143 g/mol. The molecule has 0 bridgehead atoms. The van der Waals surface area contributed by atoms with Crippen LogP contribution in [0.2, 0.25) is 0 Å². The molecule has 0 unspecified atom stereocenters. The van der Waals surface area contributed by atoms with E-state index in [0.717, 1.165) is 12.5 Å². The summed E-state index contributed by atoms with van der Waals surface area (Å²) in [7, 11) is 3.62. The van der Waals surface area contributed by atoms with Crippen LogP contribution < -0.4 is 10.6 Å². The van der Waals surface area contributed by atoms with E-state index in [9.17, 15) is 0 Å². The number of rotatable bonds is 2. The van der Waals surface area contributed by atoms with Crippen LogP contribution in [0.4, 0.5) is 0 Å². The zero-order valence-corrected chi connectivity index (χ0v) is 7.23. The van der Waals surface area contributed by atoms with Gasteiger partial charge < -0.3 is 10.6 Å². The summed E-state index contributed by atoms with van der Waals surface area (Å²) < 4.78 is 0. The van der Waals surface area contributed by atoms with Gasteiger partial charge in [-0.1, -0.05) is 13.8 Å². The van der Waals surface area contributed by atoms with Gasteiger partial charge in [0.1, 0.15) is 0 Å². The molecule has 3 nitrogen and oxygen atoms in total. The van der Waals surface area contributed by atoms with E-state index in [-0.39, 0.29) is 0 Å². The van der Waals surface area contributed by atoms with Crippen molar-refractivity contribution in [3.63, 3.8) is 0 Å². The number of aliphatic imine (C=N–C) groups is 1. The Hall–Kier alpha value is -0.730. The van der Waals surface area contributed by atoms with Crippen LogP contribution >= 0.6 is 0 Å². The number of guanidine groups is 1. The highest BCUT2D eigenvalue weighted by Gasteiger charge is 1.94. The van der Waals surface area contributed by atoms with Crippen LogP contribution in [0.1, 0.15) is 13.8 Å². The lowest BCUT2D eigenvalue weighted by Crippen LogP contribution is -2.36. The van der Waals surface area contributed by atoms with Crippen molar-refractivity contribution in [1.82, 2.24) is 10.6 Å². The van der Waals surface area contributed by atoms with Crippen LogP contribution in [0, 0.1) is 5.92 Å². The summed E-state index contributed by atoms with van der Waals surface area (Å²) in [4.78, 5) is 3.97. The maximum absolute atomic E-state index is 3.97. The maximum Gasteiger partial charge on any atom is 0.190 e. The van der Waals surface area contributed by atoms with Crippen LogP contribution in [0.3, 0.4) is 0 Å². The van der Waals surface area contributed by atoms with Crippen molar-refractivity contribution < 1.29 is 0 Å². The summed E-state index contributed by atoms with van der Waals surface area (Å²) in [6.45, 7) is 5.29. The first-order chi connectivity index (χ1) is 4.70. The van der Waals surface area contributed by atoms with Crippen LogP contribution in [-0.4, -0.2) is 26.6 Å². The van der Waals surface area contributed by atoms with Gasteiger partial charge in [-0.3, -0.25) is 4.99 Å². The minimum absolute atomic E-state index is 0.657. The van der Waals surface area contributed by atoms with Crippen molar-refractivity contribution in [2.24, 2.45) is 10.9 Å². The highest BCUT2D eigenvalue weighted by molar-refractivity contribution is 5.79. The molecule has 10 heavy (non-hydrogen) atoms. The maximum atomic E-state index is 3.97. The average molecular weight is 143 g/mol. The number of hydrogen-bond acceptors (Lipinski definition) is 1. The Morgan fingerprint density at radius 2 is 2.10 bits per heavy atom. The lowest BCUT2D eigenvalue weighted by atomic mass is 10.2. The Labute approximate surface area is 62.9 Å². The highest BCUT2D eigenvalue weighted by Crippen LogP contribution is 1.85. The third-order valence-corrected chi connectivity index (χ3v) is 1.14. The van der Waals surface area contributed by atoms with Crippen LogP contribution in [-0.2, 0) is 0 Å². The third kappa shape index (κ3) is 4.18. The molecule has 3 heteroatoms. The number of hydrogen-bond donors (Lipinski definition) is 2. The molecule has 0 aromatic carbocycles. The molecule has 0 aliphatic heterocycles. The highest BCUT2D eigenvalue weighted by atomic mass is 15.1. The van der Waals surface area contributed by atoms with Gasteiger partial charge in [0.25, 0.3) is 0 Å². The predicted octanol–water partition coefficient (Wildman–Crippen LogP) is 0.437. The van der Waals surface area contributed by atoms with Crippen LogP contribution in [0.25, 0.3) is 0 Å². The van der Waals surface area contributed by atoms with Gasteiger partial charge in [-0.2, -0.15) is 0 Å². The second-order valence-electron chi connectivity index (χ2n) is 2.60. The molecule has 0 atom stereocenters. The van der Waals surface area contributed by atoms with E-state index in [2.05, 4.69) is 29.5 Å². The fraction of sp³-hybridized carbons (Fsp3) is 0.857. The Morgan fingerprint density at radius 3 is 2.40 bits per heavy atom. The van der Waals surface area contributed by atoms with Gasteiger partial charge in [-0.25, -0.2) is 0 Å². The molecule has 0 fully saturated rings. The van der Waals surface area contributed by atoms with Gasteiger partial charge in [-0.05, 0) is 5.92 Å². The van der Waals surface area contributed by atoms with Crippen molar-refractivity contribution in [3.05, 3.63) is 0 Å². The van der Waals surface area contributed by atoms with E-state index in [4.69, 9.17) is 0 Å². The van der Waals surface area contributed by atoms with E-state index in [1.165, 1.54) is 0 Å². The molecule has 0 saturated carbocycles.